The van der Waals surface area contributed by atoms with Crippen LogP contribution in [0.4, 0.5) is 0 Å². The van der Waals surface area contributed by atoms with E-state index in [4.69, 9.17) is 34.8 Å². The molecule has 2 rings (SSSR count). The number of alkyl halides is 3. The second kappa shape index (κ2) is 6.08. The molecule has 0 aliphatic carbocycles. The minimum Gasteiger partial charge on any atom is -0.357 e. The van der Waals surface area contributed by atoms with Gasteiger partial charge in [0.1, 0.15) is 6.04 Å². The molecule has 2 aromatic rings. The summed E-state index contributed by atoms with van der Waals surface area (Å²) >= 11 is 17.9. The first-order valence-electron chi connectivity index (χ1n) is 5.92. The highest BCUT2D eigenvalue weighted by Crippen LogP contribution is 2.40. The number of rotatable bonds is 3. The lowest BCUT2D eigenvalue weighted by molar-refractivity contribution is 0.0937. The summed E-state index contributed by atoms with van der Waals surface area (Å²) in [5, 5.41) is 2.75. The van der Waals surface area contributed by atoms with Crippen molar-refractivity contribution < 1.29 is 4.79 Å². The van der Waals surface area contributed by atoms with E-state index in [1.54, 1.807) is 36.5 Å². The number of hydrogen-bond acceptors (Lipinski definition) is 1. The summed E-state index contributed by atoms with van der Waals surface area (Å²) in [5.41, 5.74) is 1.25. The molecule has 1 N–H and O–H groups in total. The Bertz CT molecular complexity index is 590. The molecule has 0 aliphatic heterocycles. The fourth-order valence-electron chi connectivity index (χ4n) is 1.85. The van der Waals surface area contributed by atoms with Crippen LogP contribution in [0.15, 0.2) is 48.8 Å². The number of benzene rings is 1. The Morgan fingerprint density at radius 1 is 1.20 bits per heavy atom. The fourth-order valence-corrected chi connectivity index (χ4v) is 2.40. The summed E-state index contributed by atoms with van der Waals surface area (Å²) in [6.45, 7) is 0. The summed E-state index contributed by atoms with van der Waals surface area (Å²) in [6.07, 6.45) is 3.63. The summed E-state index contributed by atoms with van der Waals surface area (Å²) in [7, 11) is 1.86. The standard InChI is InChI=1S/C14H13Cl3N2O/c1-19-8-7-11(9-19)12(14(15,16)17)18-13(20)10-5-3-2-4-6-10/h2-9,12H,1H3,(H,18,20). The molecule has 0 fully saturated rings. The maximum absolute atomic E-state index is 12.2. The molecule has 1 atom stereocenters. The molecule has 1 unspecified atom stereocenters. The zero-order valence-corrected chi connectivity index (χ0v) is 13.0. The number of aromatic nitrogens is 1. The van der Waals surface area contributed by atoms with Crippen LogP contribution in [-0.4, -0.2) is 14.3 Å². The van der Waals surface area contributed by atoms with Crippen molar-refractivity contribution in [3.05, 3.63) is 59.9 Å². The number of aryl methyl sites for hydroxylation is 1. The largest absolute Gasteiger partial charge is 0.357 e. The monoisotopic (exact) mass is 330 g/mol. The minimum absolute atomic E-state index is 0.286. The van der Waals surface area contributed by atoms with Crippen LogP contribution in [0, 0.1) is 0 Å². The van der Waals surface area contributed by atoms with Gasteiger partial charge in [-0.2, -0.15) is 0 Å². The van der Waals surface area contributed by atoms with E-state index < -0.39 is 9.83 Å². The Morgan fingerprint density at radius 3 is 2.35 bits per heavy atom. The number of halogens is 3. The van der Waals surface area contributed by atoms with Gasteiger partial charge in [-0.1, -0.05) is 53.0 Å². The number of carbonyl (C=O) groups is 1. The van der Waals surface area contributed by atoms with E-state index in [9.17, 15) is 4.79 Å². The lowest BCUT2D eigenvalue weighted by Crippen LogP contribution is -2.36. The van der Waals surface area contributed by atoms with Gasteiger partial charge in [0.25, 0.3) is 5.91 Å². The summed E-state index contributed by atoms with van der Waals surface area (Å²) in [4.78, 5) is 12.2. The van der Waals surface area contributed by atoms with Gasteiger partial charge in [-0.05, 0) is 23.8 Å². The first kappa shape index (κ1) is 15.2. The zero-order chi connectivity index (χ0) is 14.8. The van der Waals surface area contributed by atoms with Crippen molar-refractivity contribution in [3.8, 4) is 0 Å². The zero-order valence-electron chi connectivity index (χ0n) is 10.7. The quantitative estimate of drug-likeness (QED) is 0.851. The molecule has 0 radical (unpaired) electrons. The molecule has 0 aliphatic rings. The van der Waals surface area contributed by atoms with E-state index in [1.807, 2.05) is 23.9 Å². The topological polar surface area (TPSA) is 34.0 Å². The van der Waals surface area contributed by atoms with Crippen LogP contribution in [0.5, 0.6) is 0 Å². The summed E-state index contributed by atoms with van der Waals surface area (Å²) < 4.78 is 0.194. The van der Waals surface area contributed by atoms with Crippen LogP contribution in [-0.2, 0) is 7.05 Å². The van der Waals surface area contributed by atoms with E-state index >= 15 is 0 Å². The molecular formula is C14H13Cl3N2O. The van der Waals surface area contributed by atoms with Gasteiger partial charge in [0.2, 0.25) is 3.79 Å². The highest BCUT2D eigenvalue weighted by Gasteiger charge is 2.35. The van der Waals surface area contributed by atoms with Gasteiger partial charge in [0.15, 0.2) is 0 Å². The third kappa shape index (κ3) is 3.69. The van der Waals surface area contributed by atoms with E-state index in [0.29, 0.717) is 5.56 Å². The van der Waals surface area contributed by atoms with E-state index in [-0.39, 0.29) is 5.91 Å². The third-order valence-corrected chi connectivity index (χ3v) is 3.48. The lowest BCUT2D eigenvalue weighted by Gasteiger charge is -2.25. The maximum atomic E-state index is 12.2. The second-order valence-electron chi connectivity index (χ2n) is 4.42. The van der Waals surface area contributed by atoms with Crippen LogP contribution in [0.3, 0.4) is 0 Å². The summed E-state index contributed by atoms with van der Waals surface area (Å²) in [5.74, 6) is -0.286. The maximum Gasteiger partial charge on any atom is 0.251 e. The van der Waals surface area contributed by atoms with Crippen molar-refractivity contribution in [1.82, 2.24) is 9.88 Å². The summed E-state index contributed by atoms with van der Waals surface area (Å²) in [6, 6.07) is 9.88. The molecule has 0 bridgehead atoms. The molecule has 0 spiro atoms. The van der Waals surface area contributed by atoms with Gasteiger partial charge in [-0.15, -0.1) is 0 Å². The van der Waals surface area contributed by atoms with Crippen molar-refractivity contribution in [2.45, 2.75) is 9.83 Å². The van der Waals surface area contributed by atoms with Gasteiger partial charge in [0, 0.05) is 25.0 Å². The van der Waals surface area contributed by atoms with Crippen molar-refractivity contribution >= 4 is 40.7 Å². The van der Waals surface area contributed by atoms with Crippen molar-refractivity contribution in [2.24, 2.45) is 7.05 Å². The fraction of sp³-hybridized carbons (Fsp3) is 0.214. The molecule has 1 heterocycles. The van der Waals surface area contributed by atoms with E-state index in [2.05, 4.69) is 5.32 Å². The first-order chi connectivity index (χ1) is 9.38. The number of hydrogen-bond donors (Lipinski definition) is 1. The predicted molar refractivity (Wildman–Crippen MR) is 82.4 cm³/mol. The van der Waals surface area contributed by atoms with Crippen molar-refractivity contribution in [1.29, 1.82) is 0 Å². The average molecular weight is 332 g/mol. The SMILES string of the molecule is Cn1ccc(C(NC(=O)c2ccccc2)C(Cl)(Cl)Cl)c1. The Hall–Kier alpha value is -1.16. The highest BCUT2D eigenvalue weighted by atomic mass is 35.6. The van der Waals surface area contributed by atoms with Crippen molar-refractivity contribution in [3.63, 3.8) is 0 Å². The number of carbonyl (C=O) groups excluding carboxylic acids is 1. The molecule has 1 aromatic heterocycles. The number of nitrogens with zero attached hydrogens (tertiary/aromatic N) is 1. The third-order valence-electron chi connectivity index (χ3n) is 2.83. The van der Waals surface area contributed by atoms with Gasteiger partial charge in [-0.3, -0.25) is 4.79 Å². The van der Waals surface area contributed by atoms with Crippen LogP contribution in [0.25, 0.3) is 0 Å². The normalized spacial score (nSPS) is 13.0. The van der Waals surface area contributed by atoms with Crippen LogP contribution in [0.1, 0.15) is 22.0 Å². The second-order valence-corrected chi connectivity index (χ2v) is 6.79. The van der Waals surface area contributed by atoms with E-state index in [0.717, 1.165) is 5.56 Å². The van der Waals surface area contributed by atoms with Gasteiger partial charge < -0.3 is 9.88 Å². The highest BCUT2D eigenvalue weighted by molar-refractivity contribution is 6.68. The van der Waals surface area contributed by atoms with Crippen LogP contribution in [0.2, 0.25) is 0 Å². The molecular weight excluding hydrogens is 319 g/mol. The minimum atomic E-state index is -1.63. The first-order valence-corrected chi connectivity index (χ1v) is 7.06. The molecule has 106 valence electrons. The lowest BCUT2D eigenvalue weighted by atomic mass is 10.1. The van der Waals surface area contributed by atoms with Crippen LogP contribution >= 0.6 is 34.8 Å². The Morgan fingerprint density at radius 2 is 1.85 bits per heavy atom. The number of nitrogens with one attached hydrogen (secondary N) is 1. The molecule has 6 heteroatoms. The molecule has 1 aromatic carbocycles. The van der Waals surface area contributed by atoms with Gasteiger partial charge in [-0.25, -0.2) is 0 Å². The van der Waals surface area contributed by atoms with E-state index in [1.165, 1.54) is 0 Å². The Kier molecular flexibility index (Phi) is 4.63. The molecule has 0 saturated carbocycles. The smallest absolute Gasteiger partial charge is 0.251 e. The molecule has 3 nitrogen and oxygen atoms in total. The van der Waals surface area contributed by atoms with Crippen LogP contribution < -0.4 is 5.32 Å². The van der Waals surface area contributed by atoms with Crippen molar-refractivity contribution in [2.75, 3.05) is 0 Å². The van der Waals surface area contributed by atoms with Gasteiger partial charge in [0.05, 0.1) is 0 Å². The Labute approximate surface area is 132 Å². The van der Waals surface area contributed by atoms with Gasteiger partial charge >= 0.3 is 0 Å². The average Bonchev–Trinajstić information content (AvgIpc) is 2.81. The number of amides is 1. The molecule has 20 heavy (non-hydrogen) atoms. The predicted octanol–water partition coefficient (Wildman–Crippen LogP) is 3.87. The molecule has 1 amide bonds. The molecule has 0 saturated heterocycles. The Balaban J connectivity index is 2.24.